The van der Waals surface area contributed by atoms with Crippen molar-refractivity contribution < 1.29 is 19.1 Å². The first-order valence-electron chi connectivity index (χ1n) is 6.97. The van der Waals surface area contributed by atoms with Gasteiger partial charge in [-0.25, -0.2) is 4.39 Å². The van der Waals surface area contributed by atoms with Gasteiger partial charge in [0.1, 0.15) is 5.82 Å². The summed E-state index contributed by atoms with van der Waals surface area (Å²) in [6.45, 7) is 3.04. The number of piperidine rings is 1. The van der Waals surface area contributed by atoms with Crippen molar-refractivity contribution in [1.29, 1.82) is 0 Å². The fourth-order valence-corrected chi connectivity index (χ4v) is 2.41. The third kappa shape index (κ3) is 4.26. The van der Waals surface area contributed by atoms with E-state index in [4.69, 9.17) is 5.11 Å². The number of aliphatic carboxylic acids is 1. The van der Waals surface area contributed by atoms with Crippen LogP contribution in [0.4, 0.5) is 10.1 Å². The molecule has 1 aliphatic heterocycles. The predicted octanol–water partition coefficient (Wildman–Crippen LogP) is 1.87. The fourth-order valence-electron chi connectivity index (χ4n) is 2.41. The van der Waals surface area contributed by atoms with Crippen LogP contribution in [0.3, 0.4) is 0 Å². The number of amides is 1. The average molecular weight is 294 g/mol. The molecule has 6 heteroatoms. The van der Waals surface area contributed by atoms with Gasteiger partial charge in [-0.15, -0.1) is 0 Å². The highest BCUT2D eigenvalue weighted by Crippen LogP contribution is 2.17. The smallest absolute Gasteiger partial charge is 0.306 e. The second-order valence-corrected chi connectivity index (χ2v) is 5.40. The van der Waals surface area contributed by atoms with E-state index in [9.17, 15) is 14.0 Å². The number of aryl methyl sites for hydroxylation is 1. The van der Waals surface area contributed by atoms with Gasteiger partial charge in [0.05, 0.1) is 12.5 Å². The van der Waals surface area contributed by atoms with Crippen LogP contribution in [0.2, 0.25) is 0 Å². The Bertz CT molecular complexity index is 540. The Morgan fingerprint density at radius 1 is 1.38 bits per heavy atom. The first-order chi connectivity index (χ1) is 9.95. The molecule has 0 aliphatic carbocycles. The molecule has 0 unspecified atom stereocenters. The minimum absolute atomic E-state index is 0.196. The maximum atomic E-state index is 13.4. The Balaban J connectivity index is 1.82. The Morgan fingerprint density at radius 3 is 2.62 bits per heavy atom. The van der Waals surface area contributed by atoms with Crippen molar-refractivity contribution in [3.05, 3.63) is 29.6 Å². The van der Waals surface area contributed by atoms with Gasteiger partial charge >= 0.3 is 5.97 Å². The van der Waals surface area contributed by atoms with Gasteiger partial charge in [-0.05, 0) is 50.6 Å². The lowest BCUT2D eigenvalue weighted by Crippen LogP contribution is -2.40. The number of likely N-dealkylation sites (tertiary alicyclic amines) is 1. The molecule has 0 bridgehead atoms. The minimum Gasteiger partial charge on any atom is -0.481 e. The summed E-state index contributed by atoms with van der Waals surface area (Å²) in [4.78, 5) is 24.7. The lowest BCUT2D eigenvalue weighted by atomic mass is 9.97. The maximum Gasteiger partial charge on any atom is 0.306 e. The number of carboxylic acids is 1. The Hall–Kier alpha value is -1.95. The largest absolute Gasteiger partial charge is 0.481 e. The summed E-state index contributed by atoms with van der Waals surface area (Å²) >= 11 is 0. The third-order valence-electron chi connectivity index (χ3n) is 3.76. The number of benzene rings is 1. The Labute approximate surface area is 122 Å². The number of nitrogens with one attached hydrogen (secondary N) is 1. The van der Waals surface area contributed by atoms with Crippen LogP contribution in [-0.2, 0) is 9.59 Å². The molecule has 0 spiro atoms. The van der Waals surface area contributed by atoms with Crippen molar-refractivity contribution in [2.24, 2.45) is 5.92 Å². The van der Waals surface area contributed by atoms with Crippen molar-refractivity contribution in [1.82, 2.24) is 4.90 Å². The molecule has 1 fully saturated rings. The van der Waals surface area contributed by atoms with E-state index in [-0.39, 0.29) is 24.2 Å². The number of carbonyl (C=O) groups is 2. The molecule has 0 saturated carbocycles. The van der Waals surface area contributed by atoms with Gasteiger partial charge in [0.25, 0.3) is 0 Å². The van der Waals surface area contributed by atoms with Gasteiger partial charge in [0.15, 0.2) is 0 Å². The van der Waals surface area contributed by atoms with Crippen LogP contribution in [0, 0.1) is 18.7 Å². The zero-order valence-corrected chi connectivity index (χ0v) is 11.9. The Kier molecular flexibility index (Phi) is 4.90. The van der Waals surface area contributed by atoms with Crippen LogP contribution in [0.25, 0.3) is 0 Å². The number of halogens is 1. The topological polar surface area (TPSA) is 69.6 Å². The minimum atomic E-state index is -0.769. The van der Waals surface area contributed by atoms with Crippen molar-refractivity contribution in [2.45, 2.75) is 19.8 Å². The lowest BCUT2D eigenvalue weighted by Gasteiger charge is -2.29. The summed E-state index contributed by atoms with van der Waals surface area (Å²) in [6.07, 6.45) is 1.11. The molecular weight excluding hydrogens is 275 g/mol. The first-order valence-corrected chi connectivity index (χ1v) is 6.97. The van der Waals surface area contributed by atoms with Crippen molar-refractivity contribution in [3.8, 4) is 0 Å². The average Bonchev–Trinajstić information content (AvgIpc) is 2.43. The van der Waals surface area contributed by atoms with Crippen LogP contribution in [0.5, 0.6) is 0 Å². The molecule has 1 aromatic carbocycles. The Morgan fingerprint density at radius 2 is 2.05 bits per heavy atom. The first kappa shape index (κ1) is 15.4. The van der Waals surface area contributed by atoms with Gasteiger partial charge in [0, 0.05) is 5.69 Å². The molecule has 0 atom stereocenters. The summed E-state index contributed by atoms with van der Waals surface area (Å²) in [5.41, 5.74) is 0.965. The van der Waals surface area contributed by atoms with Crippen molar-refractivity contribution in [3.63, 3.8) is 0 Å². The molecule has 1 heterocycles. The lowest BCUT2D eigenvalue weighted by molar-refractivity contribution is -0.143. The van der Waals surface area contributed by atoms with Gasteiger partial charge in [-0.1, -0.05) is 6.07 Å². The monoisotopic (exact) mass is 294 g/mol. The van der Waals surface area contributed by atoms with E-state index in [2.05, 4.69) is 5.32 Å². The second-order valence-electron chi connectivity index (χ2n) is 5.40. The maximum absolute atomic E-state index is 13.4. The number of carbonyl (C=O) groups excluding carboxylic acids is 1. The highest BCUT2D eigenvalue weighted by molar-refractivity contribution is 5.92. The fraction of sp³-hybridized carbons (Fsp3) is 0.467. The quantitative estimate of drug-likeness (QED) is 0.889. The third-order valence-corrected chi connectivity index (χ3v) is 3.76. The van der Waals surface area contributed by atoms with Gasteiger partial charge < -0.3 is 10.4 Å². The van der Waals surface area contributed by atoms with E-state index in [1.54, 1.807) is 19.1 Å². The van der Waals surface area contributed by atoms with E-state index < -0.39 is 5.97 Å². The molecule has 1 amide bonds. The predicted molar refractivity (Wildman–Crippen MR) is 76.6 cm³/mol. The SMILES string of the molecule is Cc1ccc(NC(=O)CN2CCC(C(=O)O)CC2)cc1F. The zero-order chi connectivity index (χ0) is 15.4. The molecule has 1 aromatic rings. The summed E-state index contributed by atoms with van der Waals surface area (Å²) < 4.78 is 13.4. The molecule has 0 aromatic heterocycles. The number of rotatable bonds is 4. The highest BCUT2D eigenvalue weighted by atomic mass is 19.1. The molecule has 21 heavy (non-hydrogen) atoms. The molecule has 1 aliphatic rings. The number of hydrogen-bond donors (Lipinski definition) is 2. The molecule has 0 radical (unpaired) electrons. The molecule has 114 valence electrons. The van der Waals surface area contributed by atoms with E-state index >= 15 is 0 Å². The number of anilines is 1. The standard InChI is InChI=1S/C15H19FN2O3/c1-10-2-3-12(8-13(10)16)17-14(19)9-18-6-4-11(5-7-18)15(20)21/h2-3,8,11H,4-7,9H2,1H3,(H,17,19)(H,20,21). The normalized spacial score (nSPS) is 16.7. The molecular formula is C15H19FN2O3. The summed E-state index contributed by atoms with van der Waals surface area (Å²) in [5.74, 6) is -1.65. The number of nitrogens with zero attached hydrogens (tertiary/aromatic N) is 1. The number of carboxylic acid groups (broad SMARTS) is 1. The molecule has 2 rings (SSSR count). The van der Waals surface area contributed by atoms with Crippen molar-refractivity contribution >= 4 is 17.6 Å². The van der Waals surface area contributed by atoms with E-state index in [0.717, 1.165) is 0 Å². The molecule has 5 nitrogen and oxygen atoms in total. The van der Waals surface area contributed by atoms with E-state index in [0.29, 0.717) is 37.2 Å². The van der Waals surface area contributed by atoms with Crippen LogP contribution < -0.4 is 5.32 Å². The summed E-state index contributed by atoms with van der Waals surface area (Å²) in [7, 11) is 0. The molecule has 1 saturated heterocycles. The van der Waals surface area contributed by atoms with Crippen LogP contribution in [0.15, 0.2) is 18.2 Å². The van der Waals surface area contributed by atoms with Gasteiger partial charge in [-0.3, -0.25) is 14.5 Å². The zero-order valence-electron chi connectivity index (χ0n) is 11.9. The van der Waals surface area contributed by atoms with Crippen LogP contribution in [-0.4, -0.2) is 41.5 Å². The van der Waals surface area contributed by atoms with Crippen LogP contribution >= 0.6 is 0 Å². The van der Waals surface area contributed by atoms with Gasteiger partial charge in [0.2, 0.25) is 5.91 Å². The molecule has 2 N–H and O–H groups in total. The summed E-state index contributed by atoms with van der Waals surface area (Å²) in [6, 6.07) is 4.57. The van der Waals surface area contributed by atoms with E-state index in [1.807, 2.05) is 4.90 Å². The highest BCUT2D eigenvalue weighted by Gasteiger charge is 2.25. The van der Waals surface area contributed by atoms with E-state index in [1.165, 1.54) is 6.07 Å². The van der Waals surface area contributed by atoms with Crippen molar-refractivity contribution in [2.75, 3.05) is 25.0 Å². The second kappa shape index (κ2) is 6.67. The van der Waals surface area contributed by atoms with Crippen LogP contribution in [0.1, 0.15) is 18.4 Å². The van der Waals surface area contributed by atoms with Gasteiger partial charge in [-0.2, -0.15) is 0 Å². The summed E-state index contributed by atoms with van der Waals surface area (Å²) in [5, 5.41) is 11.6. The number of hydrogen-bond acceptors (Lipinski definition) is 3.